The lowest BCUT2D eigenvalue weighted by Crippen LogP contribution is -2.08. The standard InChI is InChI=1S/C16H13Cl2FN2/c1-10(15-13(17)6-7-14(19)16(15)18)21-12-4-2-11(3-5-12)8-9-20/h2-7,10,21H,8H2,1H3. The molecule has 1 atom stereocenters. The Balaban J connectivity index is 2.20. The molecule has 0 aliphatic heterocycles. The van der Waals surface area contributed by atoms with Crippen molar-refractivity contribution in [3.05, 3.63) is 63.4 Å². The molecule has 21 heavy (non-hydrogen) atoms. The van der Waals surface area contributed by atoms with Gasteiger partial charge in [0.2, 0.25) is 0 Å². The van der Waals surface area contributed by atoms with Gasteiger partial charge in [0.05, 0.1) is 23.6 Å². The summed E-state index contributed by atoms with van der Waals surface area (Å²) in [5.41, 5.74) is 2.32. The molecule has 0 aliphatic carbocycles. The van der Waals surface area contributed by atoms with Crippen LogP contribution in [0.4, 0.5) is 10.1 Å². The van der Waals surface area contributed by atoms with E-state index in [2.05, 4.69) is 11.4 Å². The number of anilines is 1. The Morgan fingerprint density at radius 2 is 1.86 bits per heavy atom. The third kappa shape index (κ3) is 3.66. The van der Waals surface area contributed by atoms with Gasteiger partial charge in [-0.1, -0.05) is 35.3 Å². The van der Waals surface area contributed by atoms with E-state index in [4.69, 9.17) is 28.5 Å². The summed E-state index contributed by atoms with van der Waals surface area (Å²) in [6.45, 7) is 1.86. The van der Waals surface area contributed by atoms with E-state index in [9.17, 15) is 4.39 Å². The van der Waals surface area contributed by atoms with Crippen LogP contribution in [-0.4, -0.2) is 0 Å². The molecule has 2 rings (SSSR count). The number of nitrogens with one attached hydrogen (secondary N) is 1. The minimum absolute atomic E-state index is 0.0311. The van der Waals surface area contributed by atoms with Crippen LogP contribution in [0.15, 0.2) is 36.4 Å². The number of benzene rings is 2. The summed E-state index contributed by atoms with van der Waals surface area (Å²) in [7, 11) is 0. The van der Waals surface area contributed by atoms with Crippen molar-refractivity contribution >= 4 is 28.9 Å². The Kier molecular flexibility index (Phi) is 5.06. The molecule has 1 N–H and O–H groups in total. The lowest BCUT2D eigenvalue weighted by molar-refractivity contribution is 0.624. The second kappa shape index (κ2) is 6.80. The van der Waals surface area contributed by atoms with E-state index in [1.807, 2.05) is 31.2 Å². The highest BCUT2D eigenvalue weighted by molar-refractivity contribution is 6.36. The molecule has 0 heterocycles. The Morgan fingerprint density at radius 1 is 1.19 bits per heavy atom. The Hall–Kier alpha value is -1.76. The van der Waals surface area contributed by atoms with Gasteiger partial charge in [-0.25, -0.2) is 4.39 Å². The molecule has 2 aromatic rings. The molecule has 0 aliphatic rings. The lowest BCUT2D eigenvalue weighted by Gasteiger charge is -2.19. The van der Waals surface area contributed by atoms with Crippen molar-refractivity contribution in [3.8, 4) is 6.07 Å². The van der Waals surface area contributed by atoms with Gasteiger partial charge in [-0.05, 0) is 36.8 Å². The van der Waals surface area contributed by atoms with Crippen LogP contribution in [-0.2, 0) is 6.42 Å². The molecule has 0 amide bonds. The molecule has 0 saturated heterocycles. The zero-order chi connectivity index (χ0) is 15.4. The van der Waals surface area contributed by atoms with Crippen LogP contribution in [0.1, 0.15) is 24.1 Å². The number of hydrogen-bond donors (Lipinski definition) is 1. The molecular formula is C16H13Cl2FN2. The van der Waals surface area contributed by atoms with Gasteiger partial charge in [-0.3, -0.25) is 0 Å². The molecule has 0 radical (unpaired) electrons. The average molecular weight is 323 g/mol. The number of halogens is 3. The fraction of sp³-hybridized carbons (Fsp3) is 0.188. The SMILES string of the molecule is CC(Nc1ccc(CC#N)cc1)c1c(Cl)ccc(F)c1Cl. The monoisotopic (exact) mass is 322 g/mol. The first-order valence-electron chi connectivity index (χ1n) is 6.38. The fourth-order valence-corrected chi connectivity index (χ4v) is 2.77. The molecule has 0 spiro atoms. The molecule has 0 bridgehead atoms. The molecule has 108 valence electrons. The predicted molar refractivity (Wildman–Crippen MR) is 84.2 cm³/mol. The van der Waals surface area contributed by atoms with Gasteiger partial charge in [-0.15, -0.1) is 0 Å². The zero-order valence-corrected chi connectivity index (χ0v) is 12.8. The van der Waals surface area contributed by atoms with Crippen molar-refractivity contribution in [2.45, 2.75) is 19.4 Å². The van der Waals surface area contributed by atoms with Crippen LogP contribution in [0, 0.1) is 17.1 Å². The predicted octanol–water partition coefficient (Wildman–Crippen LogP) is 5.37. The summed E-state index contributed by atoms with van der Waals surface area (Å²) >= 11 is 12.1. The van der Waals surface area contributed by atoms with E-state index in [1.165, 1.54) is 12.1 Å². The number of nitrogens with zero attached hydrogens (tertiary/aromatic N) is 1. The third-order valence-corrected chi connectivity index (χ3v) is 3.85. The summed E-state index contributed by atoms with van der Waals surface area (Å²) < 4.78 is 13.5. The topological polar surface area (TPSA) is 35.8 Å². The maximum Gasteiger partial charge on any atom is 0.142 e. The van der Waals surface area contributed by atoms with Gasteiger partial charge in [0.25, 0.3) is 0 Å². The number of hydrogen-bond acceptors (Lipinski definition) is 2. The van der Waals surface area contributed by atoms with Crippen molar-refractivity contribution in [1.29, 1.82) is 5.26 Å². The first-order chi connectivity index (χ1) is 10.0. The van der Waals surface area contributed by atoms with Crippen LogP contribution >= 0.6 is 23.2 Å². The molecule has 2 aromatic carbocycles. The number of nitriles is 1. The van der Waals surface area contributed by atoms with E-state index in [0.717, 1.165) is 11.3 Å². The number of rotatable bonds is 4. The summed E-state index contributed by atoms with van der Waals surface area (Å²) in [4.78, 5) is 0. The largest absolute Gasteiger partial charge is 0.378 e. The summed E-state index contributed by atoms with van der Waals surface area (Å²) in [6, 6.07) is 12.1. The zero-order valence-electron chi connectivity index (χ0n) is 11.3. The van der Waals surface area contributed by atoms with Crippen molar-refractivity contribution in [1.82, 2.24) is 0 Å². The lowest BCUT2D eigenvalue weighted by atomic mass is 10.1. The molecule has 1 unspecified atom stereocenters. The van der Waals surface area contributed by atoms with E-state index >= 15 is 0 Å². The van der Waals surface area contributed by atoms with Crippen LogP contribution in [0.25, 0.3) is 0 Å². The van der Waals surface area contributed by atoms with Crippen molar-refractivity contribution in [2.75, 3.05) is 5.32 Å². The summed E-state index contributed by atoms with van der Waals surface area (Å²) in [6.07, 6.45) is 0.372. The molecule has 5 heteroatoms. The first-order valence-corrected chi connectivity index (χ1v) is 7.14. The van der Waals surface area contributed by atoms with Crippen LogP contribution in [0.3, 0.4) is 0 Å². The second-order valence-corrected chi connectivity index (χ2v) is 5.44. The third-order valence-electron chi connectivity index (χ3n) is 3.13. The van der Waals surface area contributed by atoms with Crippen LogP contribution < -0.4 is 5.32 Å². The van der Waals surface area contributed by atoms with Gasteiger partial charge in [0.15, 0.2) is 0 Å². The second-order valence-electron chi connectivity index (χ2n) is 4.65. The van der Waals surface area contributed by atoms with Crippen LogP contribution in [0.5, 0.6) is 0 Å². The Morgan fingerprint density at radius 3 is 2.48 bits per heavy atom. The molecule has 2 nitrogen and oxygen atoms in total. The van der Waals surface area contributed by atoms with E-state index in [1.54, 1.807) is 0 Å². The molecule has 0 fully saturated rings. The molecular weight excluding hydrogens is 310 g/mol. The highest BCUT2D eigenvalue weighted by Gasteiger charge is 2.16. The Bertz CT molecular complexity index is 678. The first kappa shape index (κ1) is 15.6. The van der Waals surface area contributed by atoms with E-state index < -0.39 is 5.82 Å². The average Bonchev–Trinajstić information content (AvgIpc) is 2.46. The minimum atomic E-state index is -0.492. The highest BCUT2D eigenvalue weighted by atomic mass is 35.5. The van der Waals surface area contributed by atoms with Crippen molar-refractivity contribution in [3.63, 3.8) is 0 Å². The quantitative estimate of drug-likeness (QED) is 0.768. The van der Waals surface area contributed by atoms with Gasteiger partial charge in [-0.2, -0.15) is 5.26 Å². The Labute approximate surface area is 133 Å². The van der Waals surface area contributed by atoms with Gasteiger partial charge in [0, 0.05) is 16.3 Å². The van der Waals surface area contributed by atoms with Crippen molar-refractivity contribution in [2.24, 2.45) is 0 Å². The van der Waals surface area contributed by atoms with E-state index in [-0.39, 0.29) is 11.1 Å². The normalized spacial score (nSPS) is 11.8. The highest BCUT2D eigenvalue weighted by Crippen LogP contribution is 2.34. The van der Waals surface area contributed by atoms with E-state index in [0.29, 0.717) is 17.0 Å². The summed E-state index contributed by atoms with van der Waals surface area (Å²) in [5.74, 6) is -0.492. The van der Waals surface area contributed by atoms with Gasteiger partial charge in [0.1, 0.15) is 5.82 Å². The van der Waals surface area contributed by atoms with Gasteiger partial charge >= 0.3 is 0 Å². The van der Waals surface area contributed by atoms with Crippen LogP contribution in [0.2, 0.25) is 10.0 Å². The van der Waals surface area contributed by atoms with Gasteiger partial charge < -0.3 is 5.32 Å². The maximum absolute atomic E-state index is 13.5. The summed E-state index contributed by atoms with van der Waals surface area (Å²) in [5, 5.41) is 12.3. The molecule has 0 saturated carbocycles. The molecule has 0 aromatic heterocycles. The van der Waals surface area contributed by atoms with Crippen molar-refractivity contribution < 1.29 is 4.39 Å². The maximum atomic E-state index is 13.5. The fourth-order valence-electron chi connectivity index (χ4n) is 2.07. The smallest absolute Gasteiger partial charge is 0.142 e. The minimum Gasteiger partial charge on any atom is -0.378 e.